The van der Waals surface area contributed by atoms with Gasteiger partial charge in [0.15, 0.2) is 0 Å². The van der Waals surface area contributed by atoms with E-state index in [1.807, 2.05) is 0 Å². The maximum absolute atomic E-state index is 14.5. The highest BCUT2D eigenvalue weighted by molar-refractivity contribution is 5.63. The van der Waals surface area contributed by atoms with Crippen molar-refractivity contribution < 1.29 is 18.4 Å². The Morgan fingerprint density at radius 1 is 1.19 bits per heavy atom. The van der Waals surface area contributed by atoms with E-state index in [2.05, 4.69) is 15.1 Å². The van der Waals surface area contributed by atoms with Crippen LogP contribution in [-0.2, 0) is 5.54 Å². The molecule has 27 heavy (non-hydrogen) atoms. The fourth-order valence-electron chi connectivity index (χ4n) is 3.23. The average molecular weight is 374 g/mol. The van der Waals surface area contributed by atoms with Crippen molar-refractivity contribution in [2.75, 3.05) is 0 Å². The Morgan fingerprint density at radius 2 is 1.85 bits per heavy atom. The van der Waals surface area contributed by atoms with E-state index in [1.165, 1.54) is 24.8 Å². The second kappa shape index (κ2) is 7.13. The lowest BCUT2D eigenvalue weighted by atomic mass is 9.83. The van der Waals surface area contributed by atoms with E-state index < -0.39 is 23.3 Å². The van der Waals surface area contributed by atoms with Crippen molar-refractivity contribution in [1.29, 1.82) is 0 Å². The van der Waals surface area contributed by atoms with Crippen LogP contribution in [-0.4, -0.2) is 20.2 Å². The van der Waals surface area contributed by atoms with Gasteiger partial charge < -0.3 is 15.4 Å². The maximum Gasteiger partial charge on any atom is 0.139 e. The lowest BCUT2D eigenvalue weighted by Crippen LogP contribution is -2.36. The summed E-state index contributed by atoms with van der Waals surface area (Å²) in [7, 11) is 0. The Hall–Kier alpha value is -2.71. The van der Waals surface area contributed by atoms with E-state index in [9.17, 15) is 13.9 Å². The van der Waals surface area contributed by atoms with Crippen molar-refractivity contribution in [1.82, 2.24) is 15.1 Å². The molecule has 2 unspecified atom stereocenters. The highest BCUT2D eigenvalue weighted by Crippen LogP contribution is 2.36. The molecule has 0 bridgehead atoms. The van der Waals surface area contributed by atoms with Crippen molar-refractivity contribution in [3.63, 3.8) is 0 Å². The summed E-state index contributed by atoms with van der Waals surface area (Å²) < 4.78 is 33.9. The van der Waals surface area contributed by atoms with Gasteiger partial charge in [0.1, 0.15) is 23.7 Å². The maximum atomic E-state index is 14.5. The zero-order valence-corrected chi connectivity index (χ0v) is 15.2. The normalized spacial score (nSPS) is 14.8. The van der Waals surface area contributed by atoms with E-state index in [-0.39, 0.29) is 17.5 Å². The largest absolute Gasteiger partial charge is 0.388 e. The van der Waals surface area contributed by atoms with Crippen LogP contribution in [0, 0.1) is 25.5 Å². The van der Waals surface area contributed by atoms with Crippen LogP contribution in [0.2, 0.25) is 0 Å². The molecule has 2 aromatic heterocycles. The molecule has 3 rings (SSSR count). The van der Waals surface area contributed by atoms with Gasteiger partial charge in [-0.1, -0.05) is 5.16 Å². The first kappa shape index (κ1) is 19.1. The van der Waals surface area contributed by atoms with E-state index >= 15 is 0 Å². The Balaban J connectivity index is 1.99. The van der Waals surface area contributed by atoms with Gasteiger partial charge in [0.2, 0.25) is 0 Å². The predicted octanol–water partition coefficient (Wildman–Crippen LogP) is 3.32. The highest BCUT2D eigenvalue weighted by atomic mass is 19.1. The minimum atomic E-state index is -1.28. The number of benzene rings is 1. The average Bonchev–Trinajstić information content (AvgIpc) is 2.93. The summed E-state index contributed by atoms with van der Waals surface area (Å²) in [5.74, 6) is -1.06. The summed E-state index contributed by atoms with van der Waals surface area (Å²) in [6, 6.07) is 2.12. The van der Waals surface area contributed by atoms with Crippen molar-refractivity contribution in [2.24, 2.45) is 5.73 Å². The van der Waals surface area contributed by atoms with Crippen molar-refractivity contribution in [3.05, 3.63) is 65.1 Å². The molecule has 3 aromatic rings. The predicted molar refractivity (Wildman–Crippen MR) is 94.5 cm³/mol. The van der Waals surface area contributed by atoms with Crippen LogP contribution >= 0.6 is 0 Å². The Kier molecular flexibility index (Phi) is 5.03. The molecule has 0 aliphatic heterocycles. The third-order valence-electron chi connectivity index (χ3n) is 4.58. The molecule has 0 aliphatic rings. The third kappa shape index (κ3) is 3.72. The molecule has 0 saturated carbocycles. The molecule has 1 aromatic carbocycles. The number of aryl methyl sites for hydroxylation is 2. The first-order valence-electron chi connectivity index (χ1n) is 8.35. The second-order valence-corrected chi connectivity index (χ2v) is 6.81. The Morgan fingerprint density at radius 3 is 2.44 bits per heavy atom. The molecular formula is C19H20F2N4O2. The molecule has 6 nitrogen and oxygen atoms in total. The molecule has 2 atom stereocenters. The zero-order valence-electron chi connectivity index (χ0n) is 15.2. The molecule has 0 saturated heterocycles. The molecular weight excluding hydrogens is 354 g/mol. The Labute approximate surface area is 155 Å². The number of rotatable bonds is 5. The van der Waals surface area contributed by atoms with Gasteiger partial charge in [0.25, 0.3) is 0 Å². The van der Waals surface area contributed by atoms with Crippen molar-refractivity contribution >= 4 is 0 Å². The van der Waals surface area contributed by atoms with E-state index in [1.54, 1.807) is 20.8 Å². The number of aliphatic hydroxyl groups is 1. The lowest BCUT2D eigenvalue weighted by Gasteiger charge is -2.29. The van der Waals surface area contributed by atoms with Crippen LogP contribution in [0.15, 0.2) is 35.4 Å². The molecule has 8 heteroatoms. The minimum Gasteiger partial charge on any atom is -0.388 e. The number of hydrogen-bond acceptors (Lipinski definition) is 6. The smallest absolute Gasteiger partial charge is 0.139 e. The quantitative estimate of drug-likeness (QED) is 0.711. The van der Waals surface area contributed by atoms with Crippen LogP contribution in [0.1, 0.15) is 42.0 Å². The minimum absolute atomic E-state index is 0.0107. The number of nitrogens with two attached hydrogens (primary N) is 1. The van der Waals surface area contributed by atoms with E-state index in [0.29, 0.717) is 22.6 Å². The SMILES string of the molecule is Cc1noc(C)c1C(O)CC(C)(N)c1cc(-c2cncnc2)c(F)cc1F. The highest BCUT2D eigenvalue weighted by Gasteiger charge is 2.32. The fraction of sp³-hybridized carbons (Fsp3) is 0.316. The third-order valence-corrected chi connectivity index (χ3v) is 4.58. The first-order chi connectivity index (χ1) is 12.7. The number of hydrogen-bond donors (Lipinski definition) is 2. The zero-order chi connectivity index (χ0) is 19.8. The van der Waals surface area contributed by atoms with Crippen LogP contribution in [0.5, 0.6) is 0 Å². The van der Waals surface area contributed by atoms with E-state index in [0.717, 1.165) is 6.07 Å². The number of halogens is 2. The molecule has 0 aliphatic carbocycles. The topological polar surface area (TPSA) is 98.1 Å². The van der Waals surface area contributed by atoms with Crippen molar-refractivity contribution in [3.8, 4) is 11.1 Å². The summed E-state index contributed by atoms with van der Waals surface area (Å²) in [5, 5.41) is 14.4. The standard InChI is InChI=1S/C19H20F2N4O2/c1-10-18(11(2)27-25-10)17(26)6-19(3,22)14-4-13(15(20)5-16(14)21)12-7-23-9-24-8-12/h4-5,7-9,17,26H,6,22H2,1-3H3. The van der Waals surface area contributed by atoms with Crippen molar-refractivity contribution in [2.45, 2.75) is 38.8 Å². The van der Waals surface area contributed by atoms with Gasteiger partial charge in [0, 0.05) is 46.3 Å². The Bertz CT molecular complexity index is 938. The van der Waals surface area contributed by atoms with Gasteiger partial charge in [-0.3, -0.25) is 0 Å². The van der Waals surface area contributed by atoms with Crippen LogP contribution in [0.4, 0.5) is 8.78 Å². The molecule has 0 amide bonds. The summed E-state index contributed by atoms with van der Waals surface area (Å²) in [6.45, 7) is 4.96. The molecule has 142 valence electrons. The van der Waals surface area contributed by atoms with Gasteiger partial charge in [-0.15, -0.1) is 0 Å². The monoisotopic (exact) mass is 374 g/mol. The van der Waals surface area contributed by atoms with Gasteiger partial charge in [-0.2, -0.15) is 0 Å². The van der Waals surface area contributed by atoms with Gasteiger partial charge in [0.05, 0.1) is 11.8 Å². The number of aromatic nitrogens is 3. The summed E-state index contributed by atoms with van der Waals surface area (Å²) in [6.07, 6.45) is 3.15. The molecule has 0 spiro atoms. The van der Waals surface area contributed by atoms with Gasteiger partial charge >= 0.3 is 0 Å². The van der Waals surface area contributed by atoms with Crippen LogP contribution < -0.4 is 5.73 Å². The summed E-state index contributed by atoms with van der Waals surface area (Å²) in [5.41, 5.74) is 6.73. The summed E-state index contributed by atoms with van der Waals surface area (Å²) in [4.78, 5) is 7.72. The summed E-state index contributed by atoms with van der Waals surface area (Å²) >= 11 is 0. The molecule has 0 fully saturated rings. The van der Waals surface area contributed by atoms with Crippen LogP contribution in [0.3, 0.4) is 0 Å². The molecule has 2 heterocycles. The molecule has 3 N–H and O–H groups in total. The lowest BCUT2D eigenvalue weighted by molar-refractivity contribution is 0.134. The van der Waals surface area contributed by atoms with Gasteiger partial charge in [-0.05, 0) is 33.3 Å². The van der Waals surface area contributed by atoms with Crippen LogP contribution in [0.25, 0.3) is 11.1 Å². The first-order valence-corrected chi connectivity index (χ1v) is 8.35. The second-order valence-electron chi connectivity index (χ2n) is 6.81. The fourth-order valence-corrected chi connectivity index (χ4v) is 3.23. The van der Waals surface area contributed by atoms with E-state index in [4.69, 9.17) is 10.3 Å². The molecule has 0 radical (unpaired) electrons. The number of aliphatic hydroxyl groups excluding tert-OH is 1. The number of nitrogens with zero attached hydrogens (tertiary/aromatic N) is 3. The van der Waals surface area contributed by atoms with Gasteiger partial charge in [-0.25, -0.2) is 18.7 Å².